The largest absolute Gasteiger partial charge is 0.417 e. The molecule has 0 amide bonds. The first-order chi connectivity index (χ1) is 8.26. The monoisotopic (exact) mass is 231 g/mol. The number of nitrogens with one attached hydrogen (secondary N) is 1. The third-order valence-corrected chi connectivity index (χ3v) is 2.48. The highest BCUT2D eigenvalue weighted by atomic mass is 16.5. The lowest BCUT2D eigenvalue weighted by Gasteiger charge is -1.93. The van der Waals surface area contributed by atoms with Crippen LogP contribution in [0.3, 0.4) is 0 Å². The highest BCUT2D eigenvalue weighted by Crippen LogP contribution is 2.22. The van der Waals surface area contributed by atoms with Gasteiger partial charge in [-0.15, -0.1) is 0 Å². The first-order valence-electron chi connectivity index (χ1n) is 5.05. The zero-order valence-electron chi connectivity index (χ0n) is 8.77. The third-order valence-electron chi connectivity index (χ3n) is 2.48. The predicted molar refractivity (Wildman–Crippen MR) is 60.2 cm³/mol. The summed E-state index contributed by atoms with van der Waals surface area (Å²) in [5.74, 6) is 0.135. The third kappa shape index (κ3) is 1.64. The number of benzene rings is 1. The Labute approximate surface area is 95.0 Å². The first kappa shape index (κ1) is 9.86. The normalized spacial score (nSPS) is 11.1. The van der Waals surface area contributed by atoms with Crippen LogP contribution in [-0.4, -0.2) is 10.1 Å². The molecule has 0 radical (unpaired) electrons. The molecule has 3 rings (SSSR count). The Kier molecular flexibility index (Phi) is 2.09. The first-order valence-corrected chi connectivity index (χ1v) is 5.05. The molecule has 0 unspecified atom stereocenters. The van der Waals surface area contributed by atoms with Crippen molar-refractivity contribution in [1.29, 1.82) is 0 Å². The van der Waals surface area contributed by atoms with Crippen molar-refractivity contribution in [3.8, 4) is 11.3 Å². The number of H-pyrrole nitrogens is 1. The summed E-state index contributed by atoms with van der Waals surface area (Å²) in [6.45, 7) is 0.300. The Hall–Kier alpha value is -2.34. The molecule has 17 heavy (non-hydrogen) atoms. The Bertz CT molecular complexity index is 723. The van der Waals surface area contributed by atoms with Crippen molar-refractivity contribution in [2.45, 2.75) is 6.54 Å². The van der Waals surface area contributed by atoms with Crippen LogP contribution >= 0.6 is 0 Å². The molecule has 0 saturated carbocycles. The maximum Gasteiger partial charge on any atom is 0.417 e. The quantitative estimate of drug-likeness (QED) is 0.691. The van der Waals surface area contributed by atoms with Gasteiger partial charge in [-0.2, -0.15) is 0 Å². The minimum atomic E-state index is -0.472. The summed E-state index contributed by atoms with van der Waals surface area (Å²) in [5, 5.41) is 3.89. The van der Waals surface area contributed by atoms with E-state index in [4.69, 9.17) is 14.7 Å². The van der Waals surface area contributed by atoms with E-state index in [1.165, 1.54) is 0 Å². The van der Waals surface area contributed by atoms with Gasteiger partial charge >= 0.3 is 5.76 Å². The molecule has 2 heterocycles. The lowest BCUT2D eigenvalue weighted by atomic mass is 10.1. The summed E-state index contributed by atoms with van der Waals surface area (Å²) in [6, 6.07) is 7.07. The van der Waals surface area contributed by atoms with Gasteiger partial charge in [0.1, 0.15) is 5.69 Å². The van der Waals surface area contributed by atoms with Gasteiger partial charge in [-0.3, -0.25) is 4.98 Å². The Morgan fingerprint density at radius 1 is 1.35 bits per heavy atom. The summed E-state index contributed by atoms with van der Waals surface area (Å²) in [4.78, 5) is 13.6. The molecule has 0 aliphatic heterocycles. The predicted octanol–water partition coefficient (Wildman–Crippen LogP) is 1.23. The second kappa shape index (κ2) is 3.60. The van der Waals surface area contributed by atoms with E-state index in [1.807, 2.05) is 6.07 Å². The molecule has 0 saturated heterocycles. The van der Waals surface area contributed by atoms with Crippen molar-refractivity contribution in [1.82, 2.24) is 10.1 Å². The summed E-state index contributed by atoms with van der Waals surface area (Å²) in [6.07, 6.45) is 0. The minimum absolute atomic E-state index is 0.300. The average molecular weight is 231 g/mol. The van der Waals surface area contributed by atoms with Gasteiger partial charge < -0.3 is 14.7 Å². The number of hydrogen-bond acceptors (Lipinski definition) is 5. The zero-order valence-corrected chi connectivity index (χ0v) is 8.77. The van der Waals surface area contributed by atoms with Gasteiger partial charge in [-0.1, -0.05) is 11.2 Å². The summed E-state index contributed by atoms with van der Waals surface area (Å²) < 4.78 is 9.98. The molecule has 0 bridgehead atoms. The van der Waals surface area contributed by atoms with Crippen LogP contribution in [0.5, 0.6) is 0 Å². The van der Waals surface area contributed by atoms with Crippen LogP contribution in [0, 0.1) is 0 Å². The van der Waals surface area contributed by atoms with Gasteiger partial charge in [0.2, 0.25) is 0 Å². The fourth-order valence-corrected chi connectivity index (χ4v) is 1.65. The molecular weight excluding hydrogens is 222 g/mol. The van der Waals surface area contributed by atoms with Crippen molar-refractivity contribution in [3.05, 3.63) is 40.6 Å². The van der Waals surface area contributed by atoms with Crippen molar-refractivity contribution in [2.75, 3.05) is 0 Å². The maximum absolute atomic E-state index is 11.0. The number of fused-ring (bicyclic) bond motifs is 1. The molecule has 6 heteroatoms. The molecule has 0 atom stereocenters. The lowest BCUT2D eigenvalue weighted by Crippen LogP contribution is -1.92. The number of aromatic amines is 1. The Balaban J connectivity index is 2.13. The van der Waals surface area contributed by atoms with E-state index < -0.39 is 5.76 Å². The molecule has 0 aliphatic rings. The second-order valence-electron chi connectivity index (χ2n) is 3.61. The van der Waals surface area contributed by atoms with Crippen LogP contribution in [0.2, 0.25) is 0 Å². The SMILES string of the molecule is NCc1cc(-c2ccc3[nH]c(=O)oc3c2)no1. The summed E-state index contributed by atoms with van der Waals surface area (Å²) in [7, 11) is 0. The average Bonchev–Trinajstić information content (AvgIpc) is 2.92. The van der Waals surface area contributed by atoms with Gasteiger partial charge in [0.05, 0.1) is 12.1 Å². The van der Waals surface area contributed by atoms with E-state index in [0.29, 0.717) is 29.1 Å². The molecule has 3 N–H and O–H groups in total. The Morgan fingerprint density at radius 3 is 3.00 bits per heavy atom. The number of oxazole rings is 1. The van der Waals surface area contributed by atoms with E-state index in [1.54, 1.807) is 18.2 Å². The smallest absolute Gasteiger partial charge is 0.408 e. The number of aromatic nitrogens is 2. The highest BCUT2D eigenvalue weighted by Gasteiger charge is 2.08. The van der Waals surface area contributed by atoms with E-state index in [9.17, 15) is 4.79 Å². The number of nitrogens with two attached hydrogens (primary N) is 1. The zero-order chi connectivity index (χ0) is 11.8. The molecular formula is C11H9N3O3. The summed E-state index contributed by atoms with van der Waals surface area (Å²) in [5.41, 5.74) is 8.05. The standard InChI is InChI=1S/C11H9N3O3/c12-5-7-4-9(14-17-7)6-1-2-8-10(3-6)16-11(15)13-8/h1-4H,5,12H2,(H,13,15). The number of rotatable bonds is 2. The van der Waals surface area contributed by atoms with Crippen LogP contribution < -0.4 is 11.5 Å². The van der Waals surface area contributed by atoms with Crippen LogP contribution in [-0.2, 0) is 6.54 Å². The lowest BCUT2D eigenvalue weighted by molar-refractivity contribution is 0.387. The molecule has 2 aromatic heterocycles. The van der Waals surface area contributed by atoms with Gasteiger partial charge in [-0.05, 0) is 12.1 Å². The number of nitrogens with zero attached hydrogens (tertiary/aromatic N) is 1. The van der Waals surface area contributed by atoms with Crippen molar-refractivity contribution < 1.29 is 8.94 Å². The fourth-order valence-electron chi connectivity index (χ4n) is 1.65. The summed E-state index contributed by atoms with van der Waals surface area (Å²) >= 11 is 0. The molecule has 86 valence electrons. The van der Waals surface area contributed by atoms with E-state index in [-0.39, 0.29) is 0 Å². The number of hydrogen-bond donors (Lipinski definition) is 2. The molecule has 0 spiro atoms. The molecule has 6 nitrogen and oxygen atoms in total. The fraction of sp³-hybridized carbons (Fsp3) is 0.0909. The maximum atomic E-state index is 11.0. The van der Waals surface area contributed by atoms with E-state index in [2.05, 4.69) is 10.1 Å². The van der Waals surface area contributed by atoms with Crippen LogP contribution in [0.25, 0.3) is 22.4 Å². The molecule has 0 fully saturated rings. The van der Waals surface area contributed by atoms with Gasteiger partial charge in [0.15, 0.2) is 11.3 Å². The van der Waals surface area contributed by atoms with Gasteiger partial charge in [-0.25, -0.2) is 4.79 Å². The van der Waals surface area contributed by atoms with E-state index in [0.717, 1.165) is 5.56 Å². The van der Waals surface area contributed by atoms with Crippen LogP contribution in [0.1, 0.15) is 5.76 Å². The van der Waals surface area contributed by atoms with Crippen LogP contribution in [0.15, 0.2) is 38.0 Å². The van der Waals surface area contributed by atoms with Crippen molar-refractivity contribution in [3.63, 3.8) is 0 Å². The second-order valence-corrected chi connectivity index (χ2v) is 3.61. The van der Waals surface area contributed by atoms with E-state index >= 15 is 0 Å². The highest BCUT2D eigenvalue weighted by molar-refractivity contribution is 5.78. The molecule has 3 aromatic rings. The van der Waals surface area contributed by atoms with Crippen molar-refractivity contribution in [2.24, 2.45) is 5.73 Å². The molecule has 0 aliphatic carbocycles. The Morgan fingerprint density at radius 2 is 2.24 bits per heavy atom. The van der Waals surface area contributed by atoms with Gasteiger partial charge in [0.25, 0.3) is 0 Å². The van der Waals surface area contributed by atoms with Crippen LogP contribution in [0.4, 0.5) is 0 Å². The topological polar surface area (TPSA) is 98.1 Å². The molecule has 1 aromatic carbocycles. The minimum Gasteiger partial charge on any atom is -0.408 e. The van der Waals surface area contributed by atoms with Crippen molar-refractivity contribution >= 4 is 11.1 Å². The van der Waals surface area contributed by atoms with Gasteiger partial charge in [0, 0.05) is 11.6 Å².